The van der Waals surface area contributed by atoms with E-state index >= 15 is 0 Å². The minimum Gasteiger partial charge on any atom is -0.493 e. The second kappa shape index (κ2) is 8.72. The fraction of sp³-hybridized carbons (Fsp3) is 0.238. The van der Waals surface area contributed by atoms with Crippen LogP contribution in [0.15, 0.2) is 48.5 Å². The maximum Gasteiger partial charge on any atom is 0.387 e. The second-order valence-corrected chi connectivity index (χ2v) is 6.29. The van der Waals surface area contributed by atoms with Gasteiger partial charge in [0.2, 0.25) is 0 Å². The highest BCUT2D eigenvalue weighted by Gasteiger charge is 2.21. The quantitative estimate of drug-likeness (QED) is 0.649. The molecule has 0 saturated heterocycles. The van der Waals surface area contributed by atoms with Gasteiger partial charge in [-0.1, -0.05) is 24.3 Å². The van der Waals surface area contributed by atoms with E-state index in [1.54, 1.807) is 4.68 Å². The highest BCUT2D eigenvalue weighted by molar-refractivity contribution is 5.97. The molecular weight excluding hydrogens is 380 g/mol. The average Bonchev–Trinajstić information content (AvgIpc) is 3.00. The van der Waals surface area contributed by atoms with Crippen molar-refractivity contribution in [2.24, 2.45) is 0 Å². The van der Waals surface area contributed by atoms with E-state index in [1.165, 1.54) is 25.3 Å². The molecule has 8 heteroatoms. The van der Waals surface area contributed by atoms with Crippen LogP contribution in [0.4, 0.5) is 8.78 Å². The molecule has 152 valence electrons. The SMILES string of the molecule is COc1cccc(C(=O)NCc2c(C)nn(-c3ccccc3)c2C)c1OC(F)F. The normalized spacial score (nSPS) is 10.8. The highest BCUT2D eigenvalue weighted by atomic mass is 19.3. The van der Waals surface area contributed by atoms with Gasteiger partial charge in [-0.15, -0.1) is 0 Å². The Bertz CT molecular complexity index is 1000. The Morgan fingerprint density at radius 1 is 1.14 bits per heavy atom. The summed E-state index contributed by atoms with van der Waals surface area (Å²) >= 11 is 0. The van der Waals surface area contributed by atoms with Gasteiger partial charge in [0.05, 0.1) is 24.1 Å². The van der Waals surface area contributed by atoms with Gasteiger partial charge in [-0.25, -0.2) is 4.68 Å². The molecule has 0 aliphatic rings. The summed E-state index contributed by atoms with van der Waals surface area (Å²) in [6.07, 6.45) is 0. The summed E-state index contributed by atoms with van der Waals surface area (Å²) in [4.78, 5) is 12.7. The Morgan fingerprint density at radius 2 is 1.86 bits per heavy atom. The Morgan fingerprint density at radius 3 is 2.52 bits per heavy atom. The number of carbonyl (C=O) groups is 1. The van der Waals surface area contributed by atoms with Crippen LogP contribution in [0.1, 0.15) is 27.3 Å². The van der Waals surface area contributed by atoms with Crippen LogP contribution in [0.2, 0.25) is 0 Å². The fourth-order valence-corrected chi connectivity index (χ4v) is 3.08. The topological polar surface area (TPSA) is 65.4 Å². The maximum absolute atomic E-state index is 12.8. The van der Waals surface area contributed by atoms with Crippen LogP contribution in [0, 0.1) is 13.8 Å². The van der Waals surface area contributed by atoms with Crippen LogP contribution < -0.4 is 14.8 Å². The first kappa shape index (κ1) is 20.3. The molecule has 0 spiro atoms. The van der Waals surface area contributed by atoms with Crippen molar-refractivity contribution in [2.45, 2.75) is 27.0 Å². The summed E-state index contributed by atoms with van der Waals surface area (Å²) in [7, 11) is 1.32. The van der Waals surface area contributed by atoms with Crippen molar-refractivity contribution in [3.8, 4) is 17.2 Å². The van der Waals surface area contributed by atoms with Gasteiger partial charge in [0, 0.05) is 17.8 Å². The van der Waals surface area contributed by atoms with E-state index < -0.39 is 12.5 Å². The summed E-state index contributed by atoms with van der Waals surface area (Å²) in [5.41, 5.74) is 3.37. The molecule has 0 aliphatic heterocycles. The average molecular weight is 401 g/mol. The number of nitrogens with one attached hydrogen (secondary N) is 1. The zero-order valence-corrected chi connectivity index (χ0v) is 16.3. The molecule has 0 fully saturated rings. The van der Waals surface area contributed by atoms with Crippen LogP contribution in [-0.2, 0) is 6.54 Å². The number of aryl methyl sites for hydroxylation is 1. The standard InChI is InChI=1S/C21H21F2N3O3/c1-13-17(14(2)26(25-13)15-8-5-4-6-9-15)12-24-20(27)16-10-7-11-18(28-3)19(16)29-21(22)23/h4-11,21H,12H2,1-3H3,(H,24,27). The molecule has 0 saturated carbocycles. The Balaban J connectivity index is 1.83. The zero-order valence-electron chi connectivity index (χ0n) is 16.3. The largest absolute Gasteiger partial charge is 0.493 e. The fourth-order valence-electron chi connectivity index (χ4n) is 3.08. The number of carbonyl (C=O) groups excluding carboxylic acids is 1. The number of aromatic nitrogens is 2. The van der Waals surface area contributed by atoms with Crippen LogP contribution in [0.3, 0.4) is 0 Å². The molecular formula is C21H21F2N3O3. The number of nitrogens with zero attached hydrogens (tertiary/aromatic N) is 2. The zero-order chi connectivity index (χ0) is 21.0. The number of alkyl halides is 2. The number of hydrogen-bond acceptors (Lipinski definition) is 4. The van der Waals surface area contributed by atoms with E-state index in [1.807, 2.05) is 44.2 Å². The summed E-state index contributed by atoms with van der Waals surface area (Å²) in [5.74, 6) is -0.788. The van der Waals surface area contributed by atoms with Gasteiger partial charge in [-0.05, 0) is 38.1 Å². The Kier molecular flexibility index (Phi) is 6.11. The maximum atomic E-state index is 12.8. The van der Waals surface area contributed by atoms with E-state index in [0.717, 1.165) is 22.6 Å². The number of hydrogen-bond donors (Lipinski definition) is 1. The van der Waals surface area contributed by atoms with Gasteiger partial charge in [-0.2, -0.15) is 13.9 Å². The lowest BCUT2D eigenvalue weighted by Gasteiger charge is -2.14. The molecule has 0 atom stereocenters. The minimum absolute atomic E-state index is 0.0320. The predicted molar refractivity (Wildman–Crippen MR) is 104 cm³/mol. The molecule has 29 heavy (non-hydrogen) atoms. The van der Waals surface area contributed by atoms with Crippen molar-refractivity contribution in [3.05, 3.63) is 71.0 Å². The molecule has 0 aliphatic carbocycles. The molecule has 1 aromatic heterocycles. The van der Waals surface area contributed by atoms with Crippen molar-refractivity contribution in [1.82, 2.24) is 15.1 Å². The van der Waals surface area contributed by atoms with E-state index in [4.69, 9.17) is 4.74 Å². The van der Waals surface area contributed by atoms with E-state index in [0.29, 0.717) is 0 Å². The number of rotatable bonds is 7. The summed E-state index contributed by atoms with van der Waals surface area (Å²) in [6.45, 7) is 0.872. The molecule has 2 aromatic carbocycles. The van der Waals surface area contributed by atoms with Crippen molar-refractivity contribution < 1.29 is 23.0 Å². The lowest BCUT2D eigenvalue weighted by molar-refractivity contribution is -0.0515. The first-order chi connectivity index (χ1) is 13.9. The monoisotopic (exact) mass is 401 g/mol. The van der Waals surface area contributed by atoms with Crippen LogP contribution >= 0.6 is 0 Å². The minimum atomic E-state index is -3.08. The van der Waals surface area contributed by atoms with Crippen LogP contribution in [-0.4, -0.2) is 29.4 Å². The number of amides is 1. The Hall–Kier alpha value is -3.42. The third-order valence-electron chi connectivity index (χ3n) is 4.52. The number of methoxy groups -OCH3 is 1. The van der Waals surface area contributed by atoms with Crippen molar-refractivity contribution in [1.29, 1.82) is 0 Å². The van der Waals surface area contributed by atoms with Gasteiger partial charge < -0.3 is 14.8 Å². The molecule has 1 heterocycles. The number of para-hydroxylation sites is 2. The lowest BCUT2D eigenvalue weighted by atomic mass is 10.1. The molecule has 0 radical (unpaired) electrons. The highest BCUT2D eigenvalue weighted by Crippen LogP contribution is 2.32. The van der Waals surface area contributed by atoms with Crippen molar-refractivity contribution in [2.75, 3.05) is 7.11 Å². The van der Waals surface area contributed by atoms with Crippen molar-refractivity contribution >= 4 is 5.91 Å². The van der Waals surface area contributed by atoms with Crippen LogP contribution in [0.25, 0.3) is 5.69 Å². The smallest absolute Gasteiger partial charge is 0.387 e. The number of ether oxygens (including phenoxy) is 2. The number of benzene rings is 2. The van der Waals surface area contributed by atoms with Crippen molar-refractivity contribution in [3.63, 3.8) is 0 Å². The first-order valence-corrected chi connectivity index (χ1v) is 8.93. The molecule has 6 nitrogen and oxygen atoms in total. The van der Waals surface area contributed by atoms with Gasteiger partial charge in [-0.3, -0.25) is 4.79 Å². The molecule has 0 bridgehead atoms. The second-order valence-electron chi connectivity index (χ2n) is 6.29. The van der Waals surface area contributed by atoms with Gasteiger partial charge in [0.1, 0.15) is 0 Å². The van der Waals surface area contributed by atoms with E-state index in [-0.39, 0.29) is 23.6 Å². The third-order valence-corrected chi connectivity index (χ3v) is 4.52. The summed E-state index contributed by atoms with van der Waals surface area (Å²) in [6, 6.07) is 14.0. The van der Waals surface area contributed by atoms with Crippen LogP contribution in [0.5, 0.6) is 11.5 Å². The van der Waals surface area contributed by atoms with Gasteiger partial charge in [0.15, 0.2) is 11.5 Å². The molecule has 1 amide bonds. The van der Waals surface area contributed by atoms with Gasteiger partial charge >= 0.3 is 6.61 Å². The van der Waals surface area contributed by atoms with E-state index in [9.17, 15) is 13.6 Å². The Labute approximate surface area is 167 Å². The summed E-state index contributed by atoms with van der Waals surface area (Å²) in [5, 5.41) is 7.29. The molecule has 3 aromatic rings. The summed E-state index contributed by atoms with van der Waals surface area (Å²) < 4.78 is 36.9. The predicted octanol–water partition coefficient (Wildman–Crippen LogP) is 4.03. The van der Waals surface area contributed by atoms with Gasteiger partial charge in [0.25, 0.3) is 5.91 Å². The third kappa shape index (κ3) is 4.37. The first-order valence-electron chi connectivity index (χ1n) is 8.93. The molecule has 0 unspecified atom stereocenters. The lowest BCUT2D eigenvalue weighted by Crippen LogP contribution is -2.24. The molecule has 3 rings (SSSR count). The number of halogens is 2. The van der Waals surface area contributed by atoms with E-state index in [2.05, 4.69) is 15.2 Å². The molecule has 1 N–H and O–H groups in total.